The van der Waals surface area contributed by atoms with E-state index in [4.69, 9.17) is 0 Å². The van der Waals surface area contributed by atoms with Gasteiger partial charge in [0.15, 0.2) is 5.84 Å². The number of amidine groups is 1. The maximum atomic E-state index is 14.6. The number of hydrogen-bond donors (Lipinski definition) is 2. The number of nitrogens with one attached hydrogen (secondary N) is 1. The number of anilines is 1. The number of fused-ring (bicyclic) bond motifs is 1. The molecular formula is C19H19F3N2O3S2. The first-order valence-electron chi connectivity index (χ1n) is 8.55. The van der Waals surface area contributed by atoms with Gasteiger partial charge in [-0.25, -0.2) is 4.39 Å². The number of hydrogen-bond acceptors (Lipinski definition) is 5. The topological polar surface area (TPSA) is 78.8 Å². The molecule has 2 aromatic carbocycles. The van der Waals surface area contributed by atoms with Gasteiger partial charge in [-0.3, -0.25) is 0 Å². The predicted octanol–water partition coefficient (Wildman–Crippen LogP) is 5.01. The summed E-state index contributed by atoms with van der Waals surface area (Å²) in [6.07, 6.45) is 0. The predicted molar refractivity (Wildman–Crippen MR) is 107 cm³/mol. The molecule has 0 bridgehead atoms. The highest BCUT2D eigenvalue weighted by Crippen LogP contribution is 2.39. The molecule has 10 heteroatoms. The number of phenols is 1. The summed E-state index contributed by atoms with van der Waals surface area (Å²) in [5.74, 6) is -3.81. The van der Waals surface area contributed by atoms with Crippen molar-refractivity contribution in [2.24, 2.45) is 4.40 Å². The van der Waals surface area contributed by atoms with Crippen molar-refractivity contribution < 1.29 is 26.7 Å². The fraction of sp³-hybridized carbons (Fsp3) is 0.316. The summed E-state index contributed by atoms with van der Waals surface area (Å²) in [7, 11) is -4.26. The lowest BCUT2D eigenvalue weighted by molar-refractivity contribution is 0.252. The molecule has 0 amide bonds. The van der Waals surface area contributed by atoms with Crippen molar-refractivity contribution in [3.05, 3.63) is 46.8 Å². The number of alkyl halides is 2. The Kier molecular flexibility index (Phi) is 5.37. The first-order valence-corrected chi connectivity index (χ1v) is 10.9. The van der Waals surface area contributed by atoms with Crippen LogP contribution in [0.1, 0.15) is 37.5 Å². The largest absolute Gasteiger partial charge is 0.507 e. The molecule has 0 fully saturated rings. The van der Waals surface area contributed by atoms with Crippen LogP contribution in [0.15, 0.2) is 38.5 Å². The van der Waals surface area contributed by atoms with Gasteiger partial charge >= 0.3 is 0 Å². The number of halogens is 3. The molecule has 2 N–H and O–H groups in total. The Balaban J connectivity index is 2.18. The van der Waals surface area contributed by atoms with E-state index in [0.29, 0.717) is 5.56 Å². The molecule has 0 radical (unpaired) electrons. The summed E-state index contributed by atoms with van der Waals surface area (Å²) in [5.41, 5.74) is -0.234. The van der Waals surface area contributed by atoms with E-state index < -0.39 is 27.0 Å². The van der Waals surface area contributed by atoms with Gasteiger partial charge in [0.1, 0.15) is 16.5 Å². The Bertz CT molecular complexity index is 1120. The SMILES string of the molecule is Cc1c(F)cc(C(C)(C)C)c(O)c1C1=NS(=O)(=O)c2cc(SC(F)F)ccc2N1. The van der Waals surface area contributed by atoms with E-state index in [1.165, 1.54) is 25.1 Å². The number of sulfonamides is 1. The summed E-state index contributed by atoms with van der Waals surface area (Å²) in [6, 6.07) is 5.00. The molecule has 1 aliphatic rings. The highest BCUT2D eigenvalue weighted by atomic mass is 32.2. The lowest BCUT2D eigenvalue weighted by atomic mass is 9.83. The molecule has 0 spiro atoms. The quantitative estimate of drug-likeness (QED) is 0.651. The van der Waals surface area contributed by atoms with E-state index in [9.17, 15) is 26.7 Å². The molecule has 3 rings (SSSR count). The van der Waals surface area contributed by atoms with Crippen LogP contribution in [-0.4, -0.2) is 25.1 Å². The number of benzene rings is 2. The molecule has 1 heterocycles. The van der Waals surface area contributed by atoms with Crippen molar-refractivity contribution in [1.82, 2.24) is 0 Å². The minimum Gasteiger partial charge on any atom is -0.507 e. The second-order valence-corrected chi connectivity index (χ2v) is 10.2. The van der Waals surface area contributed by atoms with Crippen LogP contribution in [-0.2, 0) is 15.4 Å². The molecule has 0 unspecified atom stereocenters. The van der Waals surface area contributed by atoms with Gasteiger partial charge in [-0.15, -0.1) is 4.40 Å². The number of aromatic hydroxyl groups is 1. The average molecular weight is 445 g/mol. The third-order valence-electron chi connectivity index (χ3n) is 4.46. The molecule has 0 saturated heterocycles. The maximum Gasteiger partial charge on any atom is 0.288 e. The molecule has 5 nitrogen and oxygen atoms in total. The van der Waals surface area contributed by atoms with Crippen LogP contribution < -0.4 is 5.32 Å². The van der Waals surface area contributed by atoms with E-state index in [1.807, 2.05) is 0 Å². The Hall–Kier alpha value is -2.20. The van der Waals surface area contributed by atoms with Gasteiger partial charge < -0.3 is 10.4 Å². The molecular weight excluding hydrogens is 425 g/mol. The molecule has 2 aromatic rings. The summed E-state index contributed by atoms with van der Waals surface area (Å²) in [6.45, 7) is 6.76. The molecule has 0 atom stereocenters. The lowest BCUT2D eigenvalue weighted by Gasteiger charge is -2.25. The average Bonchev–Trinajstić information content (AvgIpc) is 2.57. The van der Waals surface area contributed by atoms with E-state index in [-0.39, 0.29) is 50.0 Å². The Labute approximate surface area is 171 Å². The Morgan fingerprint density at radius 2 is 1.86 bits per heavy atom. The molecule has 29 heavy (non-hydrogen) atoms. The third-order valence-corrected chi connectivity index (χ3v) is 6.48. The molecule has 0 aliphatic carbocycles. The number of rotatable bonds is 3. The first-order chi connectivity index (χ1) is 13.3. The van der Waals surface area contributed by atoms with E-state index in [0.717, 1.165) is 6.07 Å². The van der Waals surface area contributed by atoms with Crippen molar-refractivity contribution in [3.63, 3.8) is 0 Å². The Morgan fingerprint density at radius 1 is 1.21 bits per heavy atom. The normalized spacial score (nSPS) is 15.7. The molecule has 156 valence electrons. The monoisotopic (exact) mass is 444 g/mol. The standard InChI is InChI=1S/C19H19F3N2O3S2/c1-9-12(20)8-11(19(2,3)4)16(25)15(9)17-23-13-6-5-10(28-18(21)22)7-14(13)29(26,27)24-17/h5-8,18,25H,1-4H3,(H,23,24). The van der Waals surface area contributed by atoms with Gasteiger partial charge in [-0.1, -0.05) is 32.5 Å². The van der Waals surface area contributed by atoms with Crippen molar-refractivity contribution in [2.45, 2.75) is 48.7 Å². The van der Waals surface area contributed by atoms with Crippen LogP contribution in [0.25, 0.3) is 0 Å². The minimum absolute atomic E-state index is 0.0327. The van der Waals surface area contributed by atoms with Gasteiger partial charge in [0, 0.05) is 10.5 Å². The highest BCUT2D eigenvalue weighted by molar-refractivity contribution is 7.99. The summed E-state index contributed by atoms with van der Waals surface area (Å²) in [5, 5.41) is 13.6. The number of phenolic OH excluding ortho intramolecular Hbond substituents is 1. The van der Waals surface area contributed by atoms with E-state index >= 15 is 0 Å². The van der Waals surface area contributed by atoms with E-state index in [1.54, 1.807) is 20.8 Å². The lowest BCUT2D eigenvalue weighted by Crippen LogP contribution is -2.25. The smallest absolute Gasteiger partial charge is 0.288 e. The van der Waals surface area contributed by atoms with Crippen LogP contribution >= 0.6 is 11.8 Å². The van der Waals surface area contributed by atoms with Crippen LogP contribution in [0.3, 0.4) is 0 Å². The van der Waals surface area contributed by atoms with Crippen LogP contribution in [0.5, 0.6) is 5.75 Å². The zero-order valence-electron chi connectivity index (χ0n) is 16.0. The molecule has 0 aromatic heterocycles. The van der Waals surface area contributed by atoms with Crippen LogP contribution in [0.4, 0.5) is 18.9 Å². The van der Waals surface area contributed by atoms with Crippen molar-refractivity contribution in [2.75, 3.05) is 5.32 Å². The Morgan fingerprint density at radius 3 is 2.45 bits per heavy atom. The summed E-state index contributed by atoms with van der Waals surface area (Å²) in [4.78, 5) is -0.195. The van der Waals surface area contributed by atoms with Crippen LogP contribution in [0, 0.1) is 12.7 Å². The maximum absolute atomic E-state index is 14.6. The first kappa shape index (κ1) is 21.5. The number of nitrogens with zero attached hydrogens (tertiary/aromatic N) is 1. The van der Waals surface area contributed by atoms with Gasteiger partial charge in [0.2, 0.25) is 0 Å². The van der Waals surface area contributed by atoms with Gasteiger partial charge in [-0.05, 0) is 42.2 Å². The second-order valence-electron chi connectivity index (χ2n) is 7.58. The molecule has 1 aliphatic heterocycles. The van der Waals surface area contributed by atoms with Gasteiger partial charge in [-0.2, -0.15) is 17.2 Å². The van der Waals surface area contributed by atoms with Crippen molar-refractivity contribution in [3.8, 4) is 5.75 Å². The zero-order chi connectivity index (χ0) is 21.7. The third kappa shape index (κ3) is 4.09. The van der Waals surface area contributed by atoms with E-state index in [2.05, 4.69) is 9.71 Å². The van der Waals surface area contributed by atoms with Crippen molar-refractivity contribution >= 4 is 33.3 Å². The van der Waals surface area contributed by atoms with Gasteiger partial charge in [0.25, 0.3) is 15.8 Å². The number of thioether (sulfide) groups is 1. The van der Waals surface area contributed by atoms with Crippen molar-refractivity contribution in [1.29, 1.82) is 0 Å². The summed E-state index contributed by atoms with van der Waals surface area (Å²) >= 11 is 0.217. The fourth-order valence-corrected chi connectivity index (χ4v) is 4.78. The van der Waals surface area contributed by atoms with Gasteiger partial charge in [0.05, 0.1) is 11.3 Å². The molecule has 0 saturated carbocycles. The second kappa shape index (κ2) is 7.24. The zero-order valence-corrected chi connectivity index (χ0v) is 17.7. The summed E-state index contributed by atoms with van der Waals surface area (Å²) < 4.78 is 68.8. The van der Waals surface area contributed by atoms with Crippen LogP contribution in [0.2, 0.25) is 0 Å². The fourth-order valence-electron chi connectivity index (χ4n) is 3.02. The minimum atomic E-state index is -4.26. The highest BCUT2D eigenvalue weighted by Gasteiger charge is 2.31.